The Morgan fingerprint density at radius 3 is 2.11 bits per heavy atom. The number of carbonyl (C=O) groups is 1. The number of hydrogen-bond donors (Lipinski definition) is 0. The molecule has 3 saturated heterocycles. The van der Waals surface area contributed by atoms with Gasteiger partial charge in [-0.05, 0) is 61.7 Å². The van der Waals surface area contributed by atoms with Gasteiger partial charge < -0.3 is 23.1 Å². The molecule has 37 heavy (non-hydrogen) atoms. The van der Waals surface area contributed by atoms with Gasteiger partial charge in [-0.3, -0.25) is 0 Å². The first-order valence-corrected chi connectivity index (χ1v) is 19.6. The lowest BCUT2D eigenvalue weighted by Gasteiger charge is -2.70. The number of esters is 1. The first kappa shape index (κ1) is 27.5. The summed E-state index contributed by atoms with van der Waals surface area (Å²) in [6.45, 7) is 22.9. The van der Waals surface area contributed by atoms with Gasteiger partial charge in [0.15, 0.2) is 20.4 Å². The van der Waals surface area contributed by atoms with E-state index in [0.29, 0.717) is 28.6 Å². The number of benzene rings is 1. The van der Waals surface area contributed by atoms with Crippen LogP contribution >= 0.6 is 0 Å². The maximum atomic E-state index is 13.1. The van der Waals surface area contributed by atoms with Crippen LogP contribution in [0.25, 0.3) is 0 Å². The number of ether oxygens (including phenoxy) is 3. The molecule has 3 heterocycles. The van der Waals surface area contributed by atoms with Crippen molar-refractivity contribution >= 4 is 22.6 Å². The molecule has 3 aliphatic carbocycles. The van der Waals surface area contributed by atoms with Gasteiger partial charge in [-0.25, -0.2) is 4.79 Å². The van der Waals surface area contributed by atoms with Crippen molar-refractivity contribution in [2.45, 2.75) is 121 Å². The lowest BCUT2D eigenvalue weighted by molar-refractivity contribution is -0.375. The van der Waals surface area contributed by atoms with Gasteiger partial charge in [0, 0.05) is 12.3 Å². The van der Waals surface area contributed by atoms with Crippen molar-refractivity contribution < 1.29 is 27.9 Å². The number of rotatable bonds is 10. The molecule has 0 spiro atoms. The Labute approximate surface area is 225 Å². The summed E-state index contributed by atoms with van der Waals surface area (Å²) >= 11 is 0. The average molecular weight is 547 g/mol. The van der Waals surface area contributed by atoms with E-state index in [1.165, 1.54) is 0 Å². The van der Waals surface area contributed by atoms with Crippen LogP contribution in [0.1, 0.15) is 71.7 Å². The van der Waals surface area contributed by atoms with Gasteiger partial charge in [-0.2, -0.15) is 0 Å². The topological polar surface area (TPSA) is 63.2 Å². The van der Waals surface area contributed by atoms with Crippen LogP contribution in [0.5, 0.6) is 0 Å². The fraction of sp³-hybridized carbons (Fsp3) is 0.759. The number of carbonyl (C=O) groups excluding carboxylic acids is 1. The van der Waals surface area contributed by atoms with Gasteiger partial charge in [0.05, 0.1) is 16.6 Å². The maximum absolute atomic E-state index is 13.1. The first-order chi connectivity index (χ1) is 17.1. The van der Waals surface area contributed by atoms with E-state index in [2.05, 4.69) is 68.1 Å². The van der Waals surface area contributed by atoms with Gasteiger partial charge in [0.2, 0.25) is 8.32 Å². The lowest BCUT2D eigenvalue weighted by atomic mass is 9.41. The van der Waals surface area contributed by atoms with Crippen molar-refractivity contribution in [2.75, 3.05) is 6.61 Å². The zero-order valence-corrected chi connectivity index (χ0v) is 26.3. The standard InChI is InChI=1S/C29H46O6Si2/c1-19(2)37(20(3)4,21(5)6)34-28-17-26(7)29(35-36(8,9)10)16-23(28)27(29,25(32-26)33-28)18-31-24(30)22-14-12-11-13-15-22/h11-15,19-21,23,25H,16-18H2,1-10H3/t23-,25-,26+,27-,28+,29+/m1/s1. The van der Waals surface area contributed by atoms with Crippen LogP contribution in [-0.4, -0.2) is 52.5 Å². The highest BCUT2D eigenvalue weighted by atomic mass is 28.4. The molecule has 8 heteroatoms. The third kappa shape index (κ3) is 3.52. The van der Waals surface area contributed by atoms with Crippen molar-refractivity contribution in [3.63, 3.8) is 0 Å². The summed E-state index contributed by atoms with van der Waals surface area (Å²) in [7, 11) is -4.24. The number of hydrogen-bond acceptors (Lipinski definition) is 6. The van der Waals surface area contributed by atoms with E-state index in [4.69, 9.17) is 23.1 Å². The van der Waals surface area contributed by atoms with Crippen LogP contribution in [0.4, 0.5) is 0 Å². The fourth-order valence-electron chi connectivity index (χ4n) is 8.75. The molecule has 3 saturated carbocycles. The fourth-order valence-corrected chi connectivity index (χ4v) is 15.9. The van der Waals surface area contributed by atoms with Gasteiger partial charge in [0.25, 0.3) is 0 Å². The monoisotopic (exact) mass is 546 g/mol. The predicted octanol–water partition coefficient (Wildman–Crippen LogP) is 6.88. The largest absolute Gasteiger partial charge is 0.461 e. The molecule has 6 nitrogen and oxygen atoms in total. The first-order valence-electron chi connectivity index (χ1n) is 14.1. The van der Waals surface area contributed by atoms with Gasteiger partial charge >= 0.3 is 5.97 Å². The Balaban J connectivity index is 1.55. The van der Waals surface area contributed by atoms with E-state index in [1.54, 1.807) is 12.1 Å². The minimum absolute atomic E-state index is 0.0589. The van der Waals surface area contributed by atoms with Crippen LogP contribution in [0.3, 0.4) is 0 Å². The summed E-state index contributed by atoms with van der Waals surface area (Å²) in [5.74, 6) is -0.991. The van der Waals surface area contributed by atoms with E-state index in [-0.39, 0.29) is 18.5 Å². The SMILES string of the molecule is CC(C)[Si](O[C@]12C[C@]3(C)O[C@H](O1)[C@@]1(COC(=O)c4ccccc4)[C@H]2C[C@@]13O[Si](C)(C)C)(C(C)C)C(C)C. The van der Waals surface area contributed by atoms with Crippen LogP contribution in [-0.2, 0) is 23.1 Å². The van der Waals surface area contributed by atoms with Crippen LogP contribution in [0.2, 0.25) is 36.3 Å². The Morgan fingerprint density at radius 2 is 1.57 bits per heavy atom. The summed E-state index contributed by atoms with van der Waals surface area (Å²) in [5, 5.41) is 0. The van der Waals surface area contributed by atoms with E-state index in [0.717, 1.165) is 6.42 Å². The average Bonchev–Trinajstić information content (AvgIpc) is 2.99. The Bertz CT molecular complexity index is 1030. The van der Waals surface area contributed by atoms with Crippen molar-refractivity contribution in [1.29, 1.82) is 0 Å². The van der Waals surface area contributed by atoms with E-state index >= 15 is 0 Å². The van der Waals surface area contributed by atoms with Crippen LogP contribution < -0.4 is 0 Å². The summed E-state index contributed by atoms with van der Waals surface area (Å²) < 4.78 is 34.3. The molecule has 206 valence electrons. The summed E-state index contributed by atoms with van der Waals surface area (Å²) in [6, 6.07) is 9.20. The quantitative estimate of drug-likeness (QED) is 0.236. The molecule has 3 aliphatic heterocycles. The molecule has 6 bridgehead atoms. The molecule has 1 aromatic rings. The van der Waals surface area contributed by atoms with Crippen molar-refractivity contribution in [2.24, 2.45) is 11.3 Å². The zero-order valence-electron chi connectivity index (χ0n) is 24.3. The molecule has 1 aromatic carbocycles. The maximum Gasteiger partial charge on any atom is 0.338 e. The highest BCUT2D eigenvalue weighted by molar-refractivity contribution is 6.77. The minimum atomic E-state index is -2.26. The molecule has 6 atom stereocenters. The molecule has 6 aliphatic rings. The molecular weight excluding hydrogens is 500 g/mol. The summed E-state index contributed by atoms with van der Waals surface area (Å²) in [4.78, 5) is 13.1. The zero-order chi connectivity index (χ0) is 27.2. The van der Waals surface area contributed by atoms with E-state index in [9.17, 15) is 4.79 Å². The lowest BCUT2D eigenvalue weighted by Crippen LogP contribution is -2.82. The summed E-state index contributed by atoms with van der Waals surface area (Å²) in [5.41, 5.74) is 0.183. The molecule has 0 N–H and O–H groups in total. The van der Waals surface area contributed by atoms with E-state index in [1.807, 2.05) is 18.2 Å². The molecule has 6 fully saturated rings. The second-order valence-electron chi connectivity index (χ2n) is 14.0. The van der Waals surface area contributed by atoms with E-state index < -0.39 is 45.3 Å². The third-order valence-electron chi connectivity index (χ3n) is 9.92. The molecule has 0 amide bonds. The second kappa shape index (κ2) is 8.48. The van der Waals surface area contributed by atoms with Crippen LogP contribution in [0, 0.1) is 11.3 Å². The minimum Gasteiger partial charge on any atom is -0.461 e. The molecule has 0 unspecified atom stereocenters. The van der Waals surface area contributed by atoms with Gasteiger partial charge in [-0.1, -0.05) is 59.7 Å². The predicted molar refractivity (Wildman–Crippen MR) is 148 cm³/mol. The Kier molecular flexibility index (Phi) is 6.31. The highest BCUT2D eigenvalue weighted by Gasteiger charge is 2.95. The Morgan fingerprint density at radius 1 is 0.973 bits per heavy atom. The normalized spacial score (nSPS) is 38.1. The van der Waals surface area contributed by atoms with Gasteiger partial charge in [-0.15, -0.1) is 0 Å². The van der Waals surface area contributed by atoms with Crippen molar-refractivity contribution in [3.8, 4) is 0 Å². The smallest absolute Gasteiger partial charge is 0.338 e. The molecule has 0 aromatic heterocycles. The van der Waals surface area contributed by atoms with Crippen molar-refractivity contribution in [3.05, 3.63) is 35.9 Å². The molecular formula is C29H46O6Si2. The third-order valence-corrected chi connectivity index (χ3v) is 17.0. The van der Waals surface area contributed by atoms with Crippen molar-refractivity contribution in [1.82, 2.24) is 0 Å². The Hall–Kier alpha value is -1.04. The van der Waals surface area contributed by atoms with Gasteiger partial charge in [0.1, 0.15) is 12.2 Å². The molecule has 7 rings (SSSR count). The second-order valence-corrected chi connectivity index (χ2v) is 23.8. The summed E-state index contributed by atoms with van der Waals surface area (Å²) in [6.07, 6.45) is 0.954. The molecule has 0 radical (unpaired) electrons. The van der Waals surface area contributed by atoms with Crippen LogP contribution in [0.15, 0.2) is 30.3 Å². The highest BCUT2D eigenvalue weighted by Crippen LogP contribution is 2.83.